The number of aldehydes is 1. The van der Waals surface area contributed by atoms with E-state index in [0.29, 0.717) is 11.3 Å². The van der Waals surface area contributed by atoms with Gasteiger partial charge in [0.2, 0.25) is 0 Å². The average Bonchev–Trinajstić information content (AvgIpc) is 2.63. The van der Waals surface area contributed by atoms with Crippen LogP contribution in [0.2, 0.25) is 0 Å². The van der Waals surface area contributed by atoms with Crippen molar-refractivity contribution in [2.75, 3.05) is 5.73 Å². The Labute approximate surface area is 145 Å². The Kier molecular flexibility index (Phi) is 6.29. The van der Waals surface area contributed by atoms with Crippen molar-refractivity contribution in [2.45, 2.75) is 0 Å². The minimum Gasteiger partial charge on any atom is -0.399 e. The van der Waals surface area contributed by atoms with Crippen LogP contribution in [0.3, 0.4) is 0 Å². The normalized spacial score (nSPS) is 9.54. The van der Waals surface area contributed by atoms with Crippen LogP contribution in [-0.2, 0) is 0 Å². The van der Waals surface area contributed by atoms with Crippen LogP contribution in [0.25, 0.3) is 11.1 Å². The summed E-state index contributed by atoms with van der Waals surface area (Å²) in [7, 11) is 0. The van der Waals surface area contributed by atoms with Crippen LogP contribution in [0.1, 0.15) is 20.7 Å². The van der Waals surface area contributed by atoms with Crippen molar-refractivity contribution in [1.29, 1.82) is 0 Å². The molecule has 3 rings (SSSR count). The molecule has 0 saturated heterocycles. The standard InChI is InChI=1S/C13H10O.C7H6ClNO/c14-10-12-8-4-5-9-13(12)11-6-2-1-3-7-11;8-7(10)5-1-3-6(9)4-2-5/h1-10H;1-4H,9H2. The van der Waals surface area contributed by atoms with Gasteiger partial charge >= 0.3 is 0 Å². The highest BCUT2D eigenvalue weighted by Crippen LogP contribution is 2.21. The van der Waals surface area contributed by atoms with E-state index in [1.165, 1.54) is 0 Å². The summed E-state index contributed by atoms with van der Waals surface area (Å²) in [5.74, 6) is 0. The SMILES string of the molecule is Nc1ccc(C(=O)Cl)cc1.O=Cc1ccccc1-c1ccccc1. The largest absolute Gasteiger partial charge is 0.399 e. The molecule has 3 aromatic carbocycles. The highest BCUT2D eigenvalue weighted by molar-refractivity contribution is 6.67. The second kappa shape index (κ2) is 8.65. The smallest absolute Gasteiger partial charge is 0.252 e. The third-order valence-corrected chi connectivity index (χ3v) is 3.53. The maximum absolute atomic E-state index is 10.8. The molecule has 0 aliphatic rings. The number of carbonyl (C=O) groups is 2. The van der Waals surface area contributed by atoms with Gasteiger partial charge in [-0.15, -0.1) is 0 Å². The summed E-state index contributed by atoms with van der Waals surface area (Å²) in [5, 5.41) is -0.458. The number of hydrogen-bond donors (Lipinski definition) is 1. The fourth-order valence-electron chi connectivity index (χ4n) is 2.09. The van der Waals surface area contributed by atoms with Gasteiger partial charge in [-0.25, -0.2) is 0 Å². The average molecular weight is 338 g/mol. The highest BCUT2D eigenvalue weighted by atomic mass is 35.5. The van der Waals surface area contributed by atoms with Crippen molar-refractivity contribution in [3.63, 3.8) is 0 Å². The van der Waals surface area contributed by atoms with Crippen molar-refractivity contribution in [2.24, 2.45) is 0 Å². The van der Waals surface area contributed by atoms with Gasteiger partial charge in [-0.3, -0.25) is 9.59 Å². The fraction of sp³-hybridized carbons (Fsp3) is 0. The molecular weight excluding hydrogens is 322 g/mol. The van der Waals surface area contributed by atoms with Crippen molar-refractivity contribution < 1.29 is 9.59 Å². The first-order valence-electron chi connectivity index (χ1n) is 7.27. The zero-order valence-corrected chi connectivity index (χ0v) is 13.6. The summed E-state index contributed by atoms with van der Waals surface area (Å²) < 4.78 is 0. The molecule has 0 aliphatic carbocycles. The molecule has 0 spiro atoms. The van der Waals surface area contributed by atoms with Gasteiger partial charge in [-0.1, -0.05) is 54.6 Å². The van der Waals surface area contributed by atoms with E-state index < -0.39 is 5.24 Å². The van der Waals surface area contributed by atoms with Crippen LogP contribution in [0.15, 0.2) is 78.9 Å². The number of rotatable bonds is 3. The van der Waals surface area contributed by atoms with E-state index in [9.17, 15) is 9.59 Å². The van der Waals surface area contributed by atoms with Gasteiger partial charge in [0.15, 0.2) is 6.29 Å². The van der Waals surface area contributed by atoms with Gasteiger partial charge in [0.25, 0.3) is 5.24 Å². The minimum absolute atomic E-state index is 0.458. The second-order valence-electron chi connectivity index (χ2n) is 4.97. The Morgan fingerprint density at radius 1 is 0.833 bits per heavy atom. The number of halogens is 1. The van der Waals surface area contributed by atoms with Crippen LogP contribution in [0.4, 0.5) is 5.69 Å². The summed E-state index contributed by atoms with van der Waals surface area (Å²) >= 11 is 5.18. The predicted molar refractivity (Wildman–Crippen MR) is 98.3 cm³/mol. The van der Waals surface area contributed by atoms with E-state index in [1.807, 2.05) is 54.6 Å². The molecular formula is C20H16ClNO2. The van der Waals surface area contributed by atoms with E-state index >= 15 is 0 Å². The predicted octanol–water partition coefficient (Wildman–Crippen LogP) is 4.81. The first-order chi connectivity index (χ1) is 11.6. The molecule has 0 aliphatic heterocycles. The third-order valence-electron chi connectivity index (χ3n) is 3.31. The number of nitrogens with two attached hydrogens (primary N) is 1. The van der Waals surface area contributed by atoms with Crippen LogP contribution in [0.5, 0.6) is 0 Å². The van der Waals surface area contributed by atoms with Gasteiger partial charge in [-0.2, -0.15) is 0 Å². The van der Waals surface area contributed by atoms with Gasteiger partial charge in [0.05, 0.1) is 0 Å². The van der Waals surface area contributed by atoms with Gasteiger partial charge in [0, 0.05) is 16.8 Å². The van der Waals surface area contributed by atoms with E-state index in [1.54, 1.807) is 24.3 Å². The minimum atomic E-state index is -0.458. The topological polar surface area (TPSA) is 60.2 Å². The van der Waals surface area contributed by atoms with Crippen molar-refractivity contribution in [3.05, 3.63) is 90.0 Å². The maximum Gasteiger partial charge on any atom is 0.252 e. The van der Waals surface area contributed by atoms with Crippen LogP contribution in [-0.4, -0.2) is 11.5 Å². The molecule has 2 N–H and O–H groups in total. The molecule has 0 unspecified atom stereocenters. The molecule has 3 aromatic rings. The van der Waals surface area contributed by atoms with Crippen molar-refractivity contribution in [3.8, 4) is 11.1 Å². The Morgan fingerprint density at radius 2 is 1.42 bits per heavy atom. The lowest BCUT2D eigenvalue weighted by molar-refractivity contribution is 0.108. The van der Waals surface area contributed by atoms with E-state index in [2.05, 4.69) is 0 Å². The van der Waals surface area contributed by atoms with Crippen LogP contribution in [0, 0.1) is 0 Å². The van der Waals surface area contributed by atoms with E-state index in [0.717, 1.165) is 23.0 Å². The zero-order valence-electron chi connectivity index (χ0n) is 12.9. The van der Waals surface area contributed by atoms with E-state index in [-0.39, 0.29) is 0 Å². The quantitative estimate of drug-likeness (QED) is 0.423. The second-order valence-corrected chi connectivity index (χ2v) is 5.31. The first kappa shape index (κ1) is 17.4. The van der Waals surface area contributed by atoms with Crippen molar-refractivity contribution >= 4 is 28.8 Å². The molecule has 0 fully saturated rings. The molecule has 4 heteroatoms. The van der Waals surface area contributed by atoms with E-state index in [4.69, 9.17) is 17.3 Å². The number of carbonyl (C=O) groups excluding carboxylic acids is 2. The molecule has 0 heterocycles. The Morgan fingerprint density at radius 3 is 2.00 bits per heavy atom. The Bertz CT molecular complexity index is 815. The van der Waals surface area contributed by atoms with Crippen LogP contribution < -0.4 is 5.73 Å². The first-order valence-corrected chi connectivity index (χ1v) is 7.64. The van der Waals surface area contributed by atoms with Crippen LogP contribution >= 0.6 is 11.6 Å². The molecule has 0 aromatic heterocycles. The van der Waals surface area contributed by atoms with Gasteiger partial charge in [0.1, 0.15) is 0 Å². The lowest BCUT2D eigenvalue weighted by Crippen LogP contribution is -1.89. The molecule has 0 bridgehead atoms. The molecule has 120 valence electrons. The summed E-state index contributed by atoms with van der Waals surface area (Å²) in [4.78, 5) is 21.3. The summed E-state index contributed by atoms with van der Waals surface area (Å²) in [6, 6.07) is 24.0. The Hall–Kier alpha value is -2.91. The number of nitrogen functional groups attached to an aromatic ring is 1. The number of hydrogen-bond acceptors (Lipinski definition) is 3. The monoisotopic (exact) mass is 337 g/mol. The highest BCUT2D eigenvalue weighted by Gasteiger charge is 2.01. The lowest BCUT2D eigenvalue weighted by Gasteiger charge is -2.03. The van der Waals surface area contributed by atoms with Gasteiger partial charge < -0.3 is 5.73 Å². The van der Waals surface area contributed by atoms with Crippen molar-refractivity contribution in [1.82, 2.24) is 0 Å². The summed E-state index contributed by atoms with van der Waals surface area (Å²) in [6.45, 7) is 0. The number of benzene rings is 3. The molecule has 0 amide bonds. The zero-order chi connectivity index (χ0) is 17.4. The number of anilines is 1. The third kappa shape index (κ3) is 4.80. The molecule has 3 nitrogen and oxygen atoms in total. The fourth-order valence-corrected chi connectivity index (χ4v) is 2.22. The molecule has 0 atom stereocenters. The van der Waals surface area contributed by atoms with Gasteiger partial charge in [-0.05, 0) is 47.0 Å². The molecule has 0 radical (unpaired) electrons. The lowest BCUT2D eigenvalue weighted by atomic mass is 10.0. The Balaban J connectivity index is 0.000000185. The summed E-state index contributed by atoms with van der Waals surface area (Å²) in [6.07, 6.45) is 0.891. The summed E-state index contributed by atoms with van der Waals surface area (Å²) in [5.41, 5.74) is 9.27. The molecule has 24 heavy (non-hydrogen) atoms. The molecule has 0 saturated carbocycles. The maximum atomic E-state index is 10.8.